The first-order chi connectivity index (χ1) is 13.1. The Morgan fingerprint density at radius 1 is 1.11 bits per heavy atom. The second-order valence-corrected chi connectivity index (χ2v) is 6.80. The Kier molecular flexibility index (Phi) is 4.66. The van der Waals surface area contributed by atoms with Gasteiger partial charge in [0.25, 0.3) is 5.91 Å². The lowest BCUT2D eigenvalue weighted by molar-refractivity contribution is 0.0793. The van der Waals surface area contributed by atoms with E-state index in [1.807, 2.05) is 29.2 Å². The molecule has 0 unspecified atom stereocenters. The number of nitrogens with zero attached hydrogens (tertiary/aromatic N) is 5. The number of hydrogen-bond donors (Lipinski definition) is 0. The Labute approximate surface area is 156 Å². The molecular formula is C20H20FN5O. The lowest BCUT2D eigenvalue weighted by Gasteiger charge is -2.15. The maximum Gasteiger partial charge on any atom is 0.253 e. The van der Waals surface area contributed by atoms with Crippen LogP contribution >= 0.6 is 0 Å². The molecule has 0 atom stereocenters. The van der Waals surface area contributed by atoms with E-state index < -0.39 is 0 Å². The van der Waals surface area contributed by atoms with Crippen LogP contribution in [0.3, 0.4) is 0 Å². The van der Waals surface area contributed by atoms with Crippen molar-refractivity contribution in [1.29, 1.82) is 0 Å². The first-order valence-corrected chi connectivity index (χ1v) is 9.03. The third kappa shape index (κ3) is 3.72. The van der Waals surface area contributed by atoms with Crippen LogP contribution in [0.2, 0.25) is 0 Å². The number of aryl methyl sites for hydroxylation is 1. The molecule has 1 saturated heterocycles. The van der Waals surface area contributed by atoms with E-state index in [1.54, 1.807) is 19.1 Å². The van der Waals surface area contributed by atoms with E-state index in [9.17, 15) is 9.18 Å². The minimum Gasteiger partial charge on any atom is -0.339 e. The van der Waals surface area contributed by atoms with Crippen molar-refractivity contribution in [2.45, 2.75) is 26.3 Å². The van der Waals surface area contributed by atoms with Gasteiger partial charge in [-0.2, -0.15) is 4.80 Å². The summed E-state index contributed by atoms with van der Waals surface area (Å²) in [6.45, 7) is 3.84. The summed E-state index contributed by atoms with van der Waals surface area (Å²) >= 11 is 0. The molecule has 4 rings (SSSR count). The molecule has 1 aliphatic heterocycles. The van der Waals surface area contributed by atoms with Crippen LogP contribution in [-0.4, -0.2) is 44.1 Å². The average Bonchev–Trinajstić information content (AvgIpc) is 3.36. The summed E-state index contributed by atoms with van der Waals surface area (Å²) in [5.74, 6) is 0.292. The van der Waals surface area contributed by atoms with Crippen molar-refractivity contribution >= 4 is 5.91 Å². The second kappa shape index (κ2) is 7.26. The van der Waals surface area contributed by atoms with E-state index in [0.29, 0.717) is 23.5 Å². The maximum absolute atomic E-state index is 13.4. The topological polar surface area (TPSA) is 63.9 Å². The molecule has 0 radical (unpaired) electrons. The molecule has 27 heavy (non-hydrogen) atoms. The van der Waals surface area contributed by atoms with Gasteiger partial charge in [0, 0.05) is 24.2 Å². The Bertz CT molecular complexity index is 961. The third-order valence-corrected chi connectivity index (χ3v) is 4.79. The molecule has 2 heterocycles. The molecule has 0 N–H and O–H groups in total. The molecule has 3 aromatic rings. The number of hydrogen-bond acceptors (Lipinski definition) is 4. The van der Waals surface area contributed by atoms with E-state index in [4.69, 9.17) is 0 Å². The molecule has 7 heteroatoms. The van der Waals surface area contributed by atoms with E-state index in [0.717, 1.165) is 37.1 Å². The first-order valence-electron chi connectivity index (χ1n) is 9.03. The highest BCUT2D eigenvalue weighted by Gasteiger charge is 2.19. The SMILES string of the molecule is Cc1cc(-c2nnn(Cc3ccc(C(=O)N4CCCC4)cc3)n2)ccc1F. The van der Waals surface area contributed by atoms with Gasteiger partial charge in [-0.25, -0.2) is 4.39 Å². The largest absolute Gasteiger partial charge is 0.339 e. The fourth-order valence-electron chi connectivity index (χ4n) is 3.23. The number of halogens is 1. The molecule has 0 bridgehead atoms. The van der Waals surface area contributed by atoms with Crippen molar-refractivity contribution in [2.75, 3.05) is 13.1 Å². The molecule has 1 aromatic heterocycles. The standard InChI is InChI=1S/C20H20FN5O/c1-14-12-17(8-9-18(14)21)19-22-24-26(23-19)13-15-4-6-16(7-5-15)20(27)25-10-2-3-11-25/h4-9,12H,2-3,10-11,13H2,1H3. The molecule has 0 spiro atoms. The molecular weight excluding hydrogens is 345 g/mol. The van der Waals surface area contributed by atoms with Crippen LogP contribution in [-0.2, 0) is 6.54 Å². The van der Waals surface area contributed by atoms with Crippen molar-refractivity contribution in [3.63, 3.8) is 0 Å². The van der Waals surface area contributed by atoms with Crippen molar-refractivity contribution in [3.8, 4) is 11.4 Å². The molecule has 2 aromatic carbocycles. The molecule has 0 aliphatic carbocycles. The summed E-state index contributed by atoms with van der Waals surface area (Å²) in [5, 5.41) is 12.5. The van der Waals surface area contributed by atoms with Crippen LogP contribution in [0, 0.1) is 12.7 Å². The highest BCUT2D eigenvalue weighted by molar-refractivity contribution is 5.94. The van der Waals surface area contributed by atoms with Crippen LogP contribution in [0.1, 0.15) is 34.3 Å². The van der Waals surface area contributed by atoms with Crippen LogP contribution in [0.4, 0.5) is 4.39 Å². The van der Waals surface area contributed by atoms with Crippen LogP contribution in [0.25, 0.3) is 11.4 Å². The van der Waals surface area contributed by atoms with Gasteiger partial charge in [-0.05, 0) is 66.4 Å². The summed E-state index contributed by atoms with van der Waals surface area (Å²) in [6, 6.07) is 12.3. The molecule has 138 valence electrons. The summed E-state index contributed by atoms with van der Waals surface area (Å²) in [5.41, 5.74) is 2.95. The van der Waals surface area contributed by atoms with Gasteiger partial charge in [0.15, 0.2) is 0 Å². The molecule has 6 nitrogen and oxygen atoms in total. The quantitative estimate of drug-likeness (QED) is 0.713. The van der Waals surface area contributed by atoms with Gasteiger partial charge in [0.1, 0.15) is 5.82 Å². The van der Waals surface area contributed by atoms with Crippen LogP contribution in [0.5, 0.6) is 0 Å². The highest BCUT2D eigenvalue weighted by atomic mass is 19.1. The summed E-state index contributed by atoms with van der Waals surface area (Å²) < 4.78 is 13.4. The Hall–Kier alpha value is -3.09. The van der Waals surface area contributed by atoms with Crippen LogP contribution < -0.4 is 0 Å². The number of tetrazole rings is 1. The van der Waals surface area contributed by atoms with Crippen molar-refractivity contribution in [3.05, 3.63) is 65.0 Å². The predicted octanol–water partition coefficient (Wildman–Crippen LogP) is 3.07. The number of rotatable bonds is 4. The van der Waals surface area contributed by atoms with Crippen molar-refractivity contribution < 1.29 is 9.18 Å². The maximum atomic E-state index is 13.4. The van der Waals surface area contributed by atoms with Gasteiger partial charge in [-0.15, -0.1) is 10.2 Å². The lowest BCUT2D eigenvalue weighted by atomic mass is 10.1. The number of aromatic nitrogens is 4. The first kappa shape index (κ1) is 17.3. The summed E-state index contributed by atoms with van der Waals surface area (Å²) in [7, 11) is 0. The number of carbonyl (C=O) groups is 1. The van der Waals surface area contributed by atoms with E-state index >= 15 is 0 Å². The summed E-state index contributed by atoms with van der Waals surface area (Å²) in [6.07, 6.45) is 2.16. The molecule has 0 saturated carbocycles. The average molecular weight is 365 g/mol. The molecule has 1 aliphatic rings. The van der Waals surface area contributed by atoms with E-state index in [2.05, 4.69) is 15.4 Å². The summed E-state index contributed by atoms with van der Waals surface area (Å²) in [4.78, 5) is 15.8. The van der Waals surface area contributed by atoms with Crippen LogP contribution in [0.15, 0.2) is 42.5 Å². The van der Waals surface area contributed by atoms with Gasteiger partial charge in [-0.3, -0.25) is 4.79 Å². The fraction of sp³-hybridized carbons (Fsp3) is 0.300. The lowest BCUT2D eigenvalue weighted by Crippen LogP contribution is -2.27. The Balaban J connectivity index is 1.45. The van der Waals surface area contributed by atoms with Crippen molar-refractivity contribution in [1.82, 2.24) is 25.1 Å². The van der Waals surface area contributed by atoms with Gasteiger partial charge in [0.05, 0.1) is 6.54 Å². The number of amides is 1. The zero-order valence-corrected chi connectivity index (χ0v) is 15.1. The number of likely N-dealkylation sites (tertiary alicyclic amines) is 1. The fourth-order valence-corrected chi connectivity index (χ4v) is 3.23. The van der Waals surface area contributed by atoms with Gasteiger partial charge in [-0.1, -0.05) is 12.1 Å². The Morgan fingerprint density at radius 3 is 2.56 bits per heavy atom. The van der Waals surface area contributed by atoms with Gasteiger partial charge in [0.2, 0.25) is 5.82 Å². The van der Waals surface area contributed by atoms with Gasteiger partial charge < -0.3 is 4.90 Å². The second-order valence-electron chi connectivity index (χ2n) is 6.80. The Morgan fingerprint density at radius 2 is 1.85 bits per heavy atom. The smallest absolute Gasteiger partial charge is 0.253 e. The predicted molar refractivity (Wildman–Crippen MR) is 98.6 cm³/mol. The van der Waals surface area contributed by atoms with Crippen molar-refractivity contribution in [2.24, 2.45) is 0 Å². The molecule has 1 fully saturated rings. The normalized spacial score (nSPS) is 13.9. The van der Waals surface area contributed by atoms with E-state index in [1.165, 1.54) is 10.9 Å². The van der Waals surface area contributed by atoms with E-state index in [-0.39, 0.29) is 11.7 Å². The van der Waals surface area contributed by atoms with Gasteiger partial charge >= 0.3 is 0 Å². The zero-order chi connectivity index (χ0) is 18.8. The zero-order valence-electron chi connectivity index (χ0n) is 15.1. The highest BCUT2D eigenvalue weighted by Crippen LogP contribution is 2.18. The number of carbonyl (C=O) groups excluding carboxylic acids is 1. The minimum atomic E-state index is -0.255. The monoisotopic (exact) mass is 365 g/mol. The third-order valence-electron chi connectivity index (χ3n) is 4.79. The molecule has 1 amide bonds. The minimum absolute atomic E-state index is 0.0897. The number of benzene rings is 2.